The maximum atomic E-state index is 6.13. The minimum absolute atomic E-state index is 0.0841. The van der Waals surface area contributed by atoms with Crippen LogP contribution < -0.4 is 24.8 Å². The molecular formula is C21H24N2O3S. The lowest BCUT2D eigenvalue weighted by Crippen LogP contribution is -2.42. The fraction of sp³-hybridized carbons (Fsp3) is 0.381. The molecule has 0 unspecified atom stereocenters. The third-order valence-corrected chi connectivity index (χ3v) is 4.95. The third kappa shape index (κ3) is 3.95. The summed E-state index contributed by atoms with van der Waals surface area (Å²) in [6.07, 6.45) is 0.826. The van der Waals surface area contributed by atoms with Crippen molar-refractivity contribution in [2.45, 2.75) is 38.8 Å². The summed E-state index contributed by atoms with van der Waals surface area (Å²) >= 11 is 5.57. The maximum Gasteiger partial charge on any atom is 0.171 e. The van der Waals surface area contributed by atoms with E-state index >= 15 is 0 Å². The number of thiocarbonyl (C=S) groups is 1. The van der Waals surface area contributed by atoms with Crippen LogP contribution in [-0.4, -0.2) is 23.9 Å². The summed E-state index contributed by atoms with van der Waals surface area (Å²) in [5.41, 5.74) is 2.95. The highest BCUT2D eigenvalue weighted by Crippen LogP contribution is 2.40. The zero-order valence-corrected chi connectivity index (χ0v) is 16.6. The second-order valence-corrected chi connectivity index (χ2v) is 8.02. The van der Waals surface area contributed by atoms with E-state index < -0.39 is 0 Å². The van der Waals surface area contributed by atoms with Crippen molar-refractivity contribution >= 4 is 23.0 Å². The highest BCUT2D eigenvalue weighted by molar-refractivity contribution is 7.80. The first kappa shape index (κ1) is 17.9. The van der Waals surface area contributed by atoms with Crippen molar-refractivity contribution in [1.82, 2.24) is 5.32 Å². The molecule has 0 saturated heterocycles. The molecule has 5 nitrogen and oxygen atoms in total. The van der Waals surface area contributed by atoms with E-state index in [-0.39, 0.29) is 11.6 Å². The van der Waals surface area contributed by atoms with Gasteiger partial charge in [-0.3, -0.25) is 0 Å². The van der Waals surface area contributed by atoms with Gasteiger partial charge in [0.15, 0.2) is 16.6 Å². The van der Waals surface area contributed by atoms with Crippen LogP contribution in [0, 0.1) is 6.92 Å². The maximum absolute atomic E-state index is 6.13. The summed E-state index contributed by atoms with van der Waals surface area (Å²) in [7, 11) is 0. The van der Waals surface area contributed by atoms with Gasteiger partial charge < -0.3 is 24.8 Å². The first-order valence-electron chi connectivity index (χ1n) is 9.16. The Hall–Kier alpha value is -2.47. The van der Waals surface area contributed by atoms with Crippen molar-refractivity contribution < 1.29 is 14.2 Å². The number of rotatable bonds is 2. The van der Waals surface area contributed by atoms with Gasteiger partial charge in [0.2, 0.25) is 0 Å². The molecule has 0 saturated carbocycles. The monoisotopic (exact) mass is 384 g/mol. The van der Waals surface area contributed by atoms with Crippen LogP contribution in [0.4, 0.5) is 5.69 Å². The molecule has 27 heavy (non-hydrogen) atoms. The van der Waals surface area contributed by atoms with Crippen LogP contribution in [0.5, 0.6) is 17.2 Å². The summed E-state index contributed by atoms with van der Waals surface area (Å²) in [5, 5.41) is 7.28. The van der Waals surface area contributed by atoms with Crippen molar-refractivity contribution in [2.24, 2.45) is 0 Å². The molecule has 2 aromatic carbocycles. The van der Waals surface area contributed by atoms with E-state index in [1.54, 1.807) is 0 Å². The van der Waals surface area contributed by atoms with Gasteiger partial charge in [-0.1, -0.05) is 17.7 Å². The second kappa shape index (κ2) is 6.93. The quantitative estimate of drug-likeness (QED) is 0.751. The molecular weight excluding hydrogens is 360 g/mol. The minimum atomic E-state index is -0.257. The molecule has 142 valence electrons. The summed E-state index contributed by atoms with van der Waals surface area (Å²) in [6, 6.07) is 12.1. The van der Waals surface area contributed by atoms with E-state index in [0.717, 1.165) is 34.9 Å². The van der Waals surface area contributed by atoms with E-state index in [0.29, 0.717) is 18.3 Å². The molecule has 0 bridgehead atoms. The van der Waals surface area contributed by atoms with Gasteiger partial charge in [0.25, 0.3) is 0 Å². The van der Waals surface area contributed by atoms with E-state index in [4.69, 9.17) is 26.4 Å². The van der Waals surface area contributed by atoms with E-state index in [1.807, 2.05) is 24.3 Å². The highest BCUT2D eigenvalue weighted by atomic mass is 32.1. The molecule has 0 spiro atoms. The number of hydrogen-bond donors (Lipinski definition) is 2. The molecule has 2 aromatic rings. The van der Waals surface area contributed by atoms with Crippen LogP contribution in [0.3, 0.4) is 0 Å². The number of anilines is 1. The predicted octanol–water partition coefficient (Wildman–Crippen LogP) is 4.36. The normalized spacial score (nSPS) is 19.4. The molecule has 4 rings (SSSR count). The fourth-order valence-electron chi connectivity index (χ4n) is 3.55. The van der Waals surface area contributed by atoms with Gasteiger partial charge in [-0.25, -0.2) is 0 Å². The van der Waals surface area contributed by atoms with E-state index in [1.165, 1.54) is 5.56 Å². The number of benzene rings is 2. The average Bonchev–Trinajstić information content (AvgIpc) is 2.61. The molecule has 2 N–H and O–H groups in total. The molecule has 1 atom stereocenters. The molecule has 0 amide bonds. The Morgan fingerprint density at radius 1 is 1.04 bits per heavy atom. The highest BCUT2D eigenvalue weighted by Gasteiger charge is 2.34. The van der Waals surface area contributed by atoms with Crippen LogP contribution in [0.15, 0.2) is 36.4 Å². The molecule has 2 heterocycles. The van der Waals surface area contributed by atoms with Crippen molar-refractivity contribution in [2.75, 3.05) is 18.5 Å². The van der Waals surface area contributed by atoms with Crippen molar-refractivity contribution in [3.05, 3.63) is 47.5 Å². The van der Waals surface area contributed by atoms with Crippen LogP contribution in [0.25, 0.3) is 0 Å². The summed E-state index contributed by atoms with van der Waals surface area (Å²) in [6.45, 7) is 7.43. The lowest BCUT2D eigenvalue weighted by atomic mass is 9.89. The van der Waals surface area contributed by atoms with Gasteiger partial charge in [-0.15, -0.1) is 0 Å². The van der Waals surface area contributed by atoms with Gasteiger partial charge in [-0.05, 0) is 51.2 Å². The second-order valence-electron chi connectivity index (χ2n) is 7.62. The minimum Gasteiger partial charge on any atom is -0.487 e. The van der Waals surface area contributed by atoms with Crippen LogP contribution >= 0.6 is 12.2 Å². The first-order valence-corrected chi connectivity index (χ1v) is 9.57. The van der Waals surface area contributed by atoms with Crippen LogP contribution in [0.2, 0.25) is 0 Å². The van der Waals surface area contributed by atoms with Crippen LogP contribution in [0.1, 0.15) is 37.4 Å². The lowest BCUT2D eigenvalue weighted by Gasteiger charge is -2.38. The van der Waals surface area contributed by atoms with Crippen molar-refractivity contribution in [3.8, 4) is 17.2 Å². The van der Waals surface area contributed by atoms with Crippen molar-refractivity contribution in [3.63, 3.8) is 0 Å². The Morgan fingerprint density at radius 3 is 2.59 bits per heavy atom. The molecule has 0 radical (unpaired) electrons. The van der Waals surface area contributed by atoms with Gasteiger partial charge in [-0.2, -0.15) is 0 Å². The zero-order chi connectivity index (χ0) is 19.0. The molecule has 6 heteroatoms. The summed E-state index contributed by atoms with van der Waals surface area (Å²) in [5.74, 6) is 2.42. The average molecular weight is 385 g/mol. The molecule has 0 fully saturated rings. The standard InChI is InChI=1S/C21H24N2O3S/c1-13-4-6-17-15(10-13)16(12-21(2,3)26-17)23-20(27)22-14-5-7-18-19(11-14)25-9-8-24-18/h4-7,10-11,16H,8-9,12H2,1-3H3,(H2,22,23,27)/t16-/m1/s1. The third-order valence-electron chi connectivity index (χ3n) is 4.73. The summed E-state index contributed by atoms with van der Waals surface area (Å²) in [4.78, 5) is 0. The van der Waals surface area contributed by atoms with Crippen molar-refractivity contribution in [1.29, 1.82) is 0 Å². The number of nitrogens with one attached hydrogen (secondary N) is 2. The Kier molecular flexibility index (Phi) is 4.60. The SMILES string of the molecule is Cc1ccc2c(c1)[C@H](NC(=S)Nc1ccc3c(c1)OCCO3)CC(C)(C)O2. The van der Waals surface area contributed by atoms with Crippen LogP contribution in [-0.2, 0) is 0 Å². The smallest absolute Gasteiger partial charge is 0.171 e. The molecule has 2 aliphatic heterocycles. The lowest BCUT2D eigenvalue weighted by molar-refractivity contribution is 0.0696. The largest absolute Gasteiger partial charge is 0.487 e. The van der Waals surface area contributed by atoms with Gasteiger partial charge >= 0.3 is 0 Å². The number of aryl methyl sites for hydroxylation is 1. The van der Waals surface area contributed by atoms with E-state index in [9.17, 15) is 0 Å². The zero-order valence-electron chi connectivity index (χ0n) is 15.8. The Bertz CT molecular complexity index is 882. The van der Waals surface area contributed by atoms with Gasteiger partial charge in [0, 0.05) is 23.7 Å². The van der Waals surface area contributed by atoms with Gasteiger partial charge in [0.05, 0.1) is 6.04 Å². The number of ether oxygens (including phenoxy) is 3. The predicted molar refractivity (Wildman–Crippen MR) is 110 cm³/mol. The Labute approximate surface area is 165 Å². The van der Waals surface area contributed by atoms with E-state index in [2.05, 4.69) is 43.5 Å². The molecule has 0 aromatic heterocycles. The Morgan fingerprint density at radius 2 is 1.78 bits per heavy atom. The topological polar surface area (TPSA) is 51.8 Å². The summed E-state index contributed by atoms with van der Waals surface area (Å²) < 4.78 is 17.3. The first-order chi connectivity index (χ1) is 12.9. The number of fused-ring (bicyclic) bond motifs is 2. The fourth-order valence-corrected chi connectivity index (χ4v) is 3.81. The molecule has 2 aliphatic rings. The Balaban J connectivity index is 1.50. The van der Waals surface area contributed by atoms with Gasteiger partial charge in [0.1, 0.15) is 24.6 Å². The molecule has 0 aliphatic carbocycles. The number of hydrogen-bond acceptors (Lipinski definition) is 4.